The van der Waals surface area contributed by atoms with Gasteiger partial charge in [0.2, 0.25) is 10.0 Å². The smallest absolute Gasteiger partial charge is 0.279 e. The number of hydrogen-bond donors (Lipinski definition) is 2. The van der Waals surface area contributed by atoms with E-state index < -0.39 is 10.0 Å². The molecule has 0 aromatic heterocycles. The number of carbonyl (C=O) groups is 1. The second kappa shape index (κ2) is 8.60. The first kappa shape index (κ1) is 18.9. The first-order chi connectivity index (χ1) is 11.4. The van der Waals surface area contributed by atoms with Crippen LogP contribution in [0.5, 0.6) is 0 Å². The molecule has 1 aromatic carbocycles. The third-order valence-electron chi connectivity index (χ3n) is 4.39. The van der Waals surface area contributed by atoms with Crippen LogP contribution in [0.3, 0.4) is 0 Å². The van der Waals surface area contributed by atoms with Crippen molar-refractivity contribution >= 4 is 21.6 Å². The summed E-state index contributed by atoms with van der Waals surface area (Å²) in [6, 6.07) is 6.40. The number of carbonyl (C=O) groups excluding carboxylic acids is 1. The Morgan fingerprint density at radius 1 is 1.21 bits per heavy atom. The Bertz CT molecular complexity index is 638. The van der Waals surface area contributed by atoms with Crippen molar-refractivity contribution in [2.45, 2.75) is 37.5 Å². The first-order valence-corrected chi connectivity index (χ1v) is 10.1. The van der Waals surface area contributed by atoms with Crippen LogP contribution in [0.2, 0.25) is 0 Å². The molecule has 7 heteroatoms. The average Bonchev–Trinajstić information content (AvgIpc) is 3.05. The van der Waals surface area contributed by atoms with Crippen molar-refractivity contribution in [1.82, 2.24) is 4.31 Å². The molecule has 1 aromatic rings. The van der Waals surface area contributed by atoms with Crippen molar-refractivity contribution in [1.29, 1.82) is 0 Å². The standard InChI is InChI=1S/C17H27N3O3S/c1-3-4-11-19(2)24(22,23)16-9-7-15(8-10-16)18-17(21)14-20-12-5-6-13-20/h7-10H,3-6,11-14H2,1-2H3,(H,18,21)/p+1. The third-order valence-corrected chi connectivity index (χ3v) is 6.27. The van der Waals surface area contributed by atoms with Gasteiger partial charge in [0.15, 0.2) is 6.54 Å². The van der Waals surface area contributed by atoms with Crippen molar-refractivity contribution in [3.63, 3.8) is 0 Å². The maximum absolute atomic E-state index is 12.4. The summed E-state index contributed by atoms with van der Waals surface area (Å²) in [5.41, 5.74) is 0.633. The fourth-order valence-corrected chi connectivity index (χ4v) is 4.08. The summed E-state index contributed by atoms with van der Waals surface area (Å²) < 4.78 is 26.2. The number of nitrogens with one attached hydrogen (secondary N) is 2. The van der Waals surface area contributed by atoms with Gasteiger partial charge in [0, 0.05) is 32.1 Å². The molecular weight excluding hydrogens is 326 g/mol. The highest BCUT2D eigenvalue weighted by atomic mass is 32.2. The number of anilines is 1. The van der Waals surface area contributed by atoms with E-state index in [4.69, 9.17) is 0 Å². The second-order valence-corrected chi connectivity index (χ2v) is 8.43. The van der Waals surface area contributed by atoms with Crippen LogP contribution in [-0.4, -0.2) is 51.9 Å². The summed E-state index contributed by atoms with van der Waals surface area (Å²) in [5, 5.41) is 2.84. The molecule has 0 saturated carbocycles. The summed E-state index contributed by atoms with van der Waals surface area (Å²) in [6.07, 6.45) is 4.15. The van der Waals surface area contributed by atoms with Gasteiger partial charge in [-0.15, -0.1) is 0 Å². The predicted octanol–water partition coefficient (Wildman–Crippen LogP) is 0.724. The molecule has 1 aliphatic rings. The van der Waals surface area contributed by atoms with Gasteiger partial charge < -0.3 is 10.2 Å². The molecule has 24 heavy (non-hydrogen) atoms. The molecule has 0 unspecified atom stereocenters. The quantitative estimate of drug-likeness (QED) is 0.723. The SMILES string of the molecule is CCCCN(C)S(=O)(=O)c1ccc(NC(=O)C[NH+]2CCCC2)cc1. The highest BCUT2D eigenvalue weighted by molar-refractivity contribution is 7.89. The normalized spacial score (nSPS) is 15.8. The zero-order valence-corrected chi connectivity index (χ0v) is 15.4. The highest BCUT2D eigenvalue weighted by Gasteiger charge is 2.21. The van der Waals surface area contributed by atoms with E-state index in [-0.39, 0.29) is 10.8 Å². The van der Waals surface area contributed by atoms with Crippen LogP contribution in [0.1, 0.15) is 32.6 Å². The number of likely N-dealkylation sites (tertiary alicyclic amines) is 1. The van der Waals surface area contributed by atoms with Gasteiger partial charge in [-0.05, 0) is 30.7 Å². The minimum Gasteiger partial charge on any atom is -0.327 e. The van der Waals surface area contributed by atoms with E-state index >= 15 is 0 Å². The van der Waals surface area contributed by atoms with Crippen LogP contribution in [0.25, 0.3) is 0 Å². The maximum atomic E-state index is 12.4. The lowest BCUT2D eigenvalue weighted by molar-refractivity contribution is -0.878. The summed E-state index contributed by atoms with van der Waals surface area (Å²) in [5.74, 6) is -0.0254. The van der Waals surface area contributed by atoms with E-state index in [9.17, 15) is 13.2 Å². The van der Waals surface area contributed by atoms with Gasteiger partial charge in [-0.2, -0.15) is 0 Å². The summed E-state index contributed by atoms with van der Waals surface area (Å²) in [4.78, 5) is 13.6. The minimum atomic E-state index is -3.46. The van der Waals surface area contributed by atoms with Crippen LogP contribution in [0.4, 0.5) is 5.69 Å². The Hall–Kier alpha value is -1.44. The van der Waals surface area contributed by atoms with Crippen LogP contribution in [-0.2, 0) is 14.8 Å². The number of rotatable bonds is 8. The number of hydrogen-bond acceptors (Lipinski definition) is 3. The fourth-order valence-electron chi connectivity index (χ4n) is 2.88. The Balaban J connectivity index is 1.95. The first-order valence-electron chi connectivity index (χ1n) is 8.63. The van der Waals surface area contributed by atoms with E-state index in [0.717, 1.165) is 25.9 Å². The van der Waals surface area contributed by atoms with E-state index in [1.165, 1.54) is 22.0 Å². The lowest BCUT2D eigenvalue weighted by atomic mass is 10.3. The molecule has 6 nitrogen and oxygen atoms in total. The number of unbranched alkanes of at least 4 members (excludes halogenated alkanes) is 1. The Labute approximate surface area is 144 Å². The van der Waals surface area contributed by atoms with Crippen molar-refractivity contribution < 1.29 is 18.1 Å². The molecule has 1 amide bonds. The number of amides is 1. The number of quaternary nitrogens is 1. The Morgan fingerprint density at radius 3 is 2.42 bits per heavy atom. The van der Waals surface area contributed by atoms with E-state index in [0.29, 0.717) is 18.8 Å². The molecule has 0 bridgehead atoms. The van der Waals surface area contributed by atoms with Gasteiger partial charge in [0.25, 0.3) is 5.91 Å². The fraction of sp³-hybridized carbons (Fsp3) is 0.588. The molecule has 134 valence electrons. The van der Waals surface area contributed by atoms with E-state index in [2.05, 4.69) is 5.32 Å². The summed E-state index contributed by atoms with van der Waals surface area (Å²) in [6.45, 7) is 5.11. The van der Waals surface area contributed by atoms with Gasteiger partial charge in [-0.25, -0.2) is 12.7 Å². The number of sulfonamides is 1. The monoisotopic (exact) mass is 354 g/mol. The van der Waals surface area contributed by atoms with Crippen molar-refractivity contribution in [2.24, 2.45) is 0 Å². The molecule has 1 heterocycles. The zero-order chi connectivity index (χ0) is 17.6. The predicted molar refractivity (Wildman–Crippen MR) is 94.6 cm³/mol. The highest BCUT2D eigenvalue weighted by Crippen LogP contribution is 2.17. The zero-order valence-electron chi connectivity index (χ0n) is 14.5. The molecule has 0 aliphatic carbocycles. The summed E-state index contributed by atoms with van der Waals surface area (Å²) in [7, 11) is -1.86. The molecular formula is C17H28N3O3S+. The molecule has 1 fully saturated rings. The molecule has 0 radical (unpaired) electrons. The van der Waals surface area contributed by atoms with E-state index in [1.807, 2.05) is 6.92 Å². The second-order valence-electron chi connectivity index (χ2n) is 6.39. The van der Waals surface area contributed by atoms with Crippen LogP contribution < -0.4 is 10.2 Å². The molecule has 2 N–H and O–H groups in total. The topological polar surface area (TPSA) is 70.9 Å². The Kier molecular flexibility index (Phi) is 6.77. The lowest BCUT2D eigenvalue weighted by Crippen LogP contribution is -3.11. The minimum absolute atomic E-state index is 0.0254. The lowest BCUT2D eigenvalue weighted by Gasteiger charge is -2.17. The van der Waals surface area contributed by atoms with Crippen LogP contribution in [0.15, 0.2) is 29.2 Å². The van der Waals surface area contributed by atoms with E-state index in [1.54, 1.807) is 31.3 Å². The molecule has 1 saturated heterocycles. The van der Waals surface area contributed by atoms with Crippen LogP contribution in [0, 0.1) is 0 Å². The largest absolute Gasteiger partial charge is 0.327 e. The average molecular weight is 354 g/mol. The molecule has 0 spiro atoms. The molecule has 1 aliphatic heterocycles. The van der Waals surface area contributed by atoms with Crippen LogP contribution >= 0.6 is 0 Å². The Morgan fingerprint density at radius 2 is 1.83 bits per heavy atom. The molecule has 2 rings (SSSR count). The summed E-state index contributed by atoms with van der Waals surface area (Å²) >= 11 is 0. The van der Waals surface area contributed by atoms with Crippen molar-refractivity contribution in [3.05, 3.63) is 24.3 Å². The molecule has 0 atom stereocenters. The number of benzene rings is 1. The van der Waals surface area contributed by atoms with Gasteiger partial charge >= 0.3 is 0 Å². The maximum Gasteiger partial charge on any atom is 0.279 e. The van der Waals surface area contributed by atoms with Crippen molar-refractivity contribution in [2.75, 3.05) is 38.5 Å². The number of nitrogens with zero attached hydrogens (tertiary/aromatic N) is 1. The van der Waals surface area contributed by atoms with Gasteiger partial charge in [-0.3, -0.25) is 4.79 Å². The van der Waals surface area contributed by atoms with Gasteiger partial charge in [0.1, 0.15) is 0 Å². The van der Waals surface area contributed by atoms with Gasteiger partial charge in [-0.1, -0.05) is 13.3 Å². The van der Waals surface area contributed by atoms with Gasteiger partial charge in [0.05, 0.1) is 18.0 Å². The van der Waals surface area contributed by atoms with Crippen molar-refractivity contribution in [3.8, 4) is 0 Å². The third kappa shape index (κ3) is 5.03.